The maximum atomic E-state index is 9.10. The summed E-state index contributed by atoms with van der Waals surface area (Å²) in [7, 11) is 0. The first-order chi connectivity index (χ1) is 7.57. The van der Waals surface area contributed by atoms with Gasteiger partial charge < -0.3 is 5.73 Å². The largest absolute Gasteiger partial charge is 0.321 e. The molecule has 0 radical (unpaired) electrons. The molecule has 0 atom stereocenters. The molecule has 1 saturated carbocycles. The Morgan fingerprint density at radius 1 is 1.25 bits per heavy atom. The van der Waals surface area contributed by atoms with Crippen molar-refractivity contribution in [2.24, 2.45) is 5.73 Å². The van der Waals surface area contributed by atoms with Crippen molar-refractivity contribution in [3.63, 3.8) is 0 Å². The fourth-order valence-electron chi connectivity index (χ4n) is 2.56. The number of hydrogen-bond acceptors (Lipinski definition) is 2. The van der Waals surface area contributed by atoms with Gasteiger partial charge in [0.05, 0.1) is 11.6 Å². The normalized spacial score (nSPS) is 18.4. The second-order valence-electron chi connectivity index (χ2n) is 4.94. The van der Waals surface area contributed by atoms with Crippen LogP contribution in [0.1, 0.15) is 47.9 Å². The van der Waals surface area contributed by atoms with Gasteiger partial charge in [-0.05, 0) is 49.4 Å². The van der Waals surface area contributed by atoms with Gasteiger partial charge in [-0.25, -0.2) is 0 Å². The summed E-state index contributed by atoms with van der Waals surface area (Å²) in [6, 6.07) is 6.40. The number of nitrogens with zero attached hydrogens (tertiary/aromatic N) is 1. The minimum atomic E-state index is -0.190. The molecule has 1 fully saturated rings. The van der Waals surface area contributed by atoms with Crippen molar-refractivity contribution in [2.45, 2.75) is 45.1 Å². The molecule has 0 amide bonds. The molecule has 2 rings (SSSR count). The summed E-state index contributed by atoms with van der Waals surface area (Å²) >= 11 is 0. The first-order valence-corrected chi connectivity index (χ1v) is 5.87. The minimum Gasteiger partial charge on any atom is -0.321 e. The van der Waals surface area contributed by atoms with Crippen molar-refractivity contribution in [1.82, 2.24) is 0 Å². The van der Waals surface area contributed by atoms with Crippen molar-refractivity contribution in [1.29, 1.82) is 5.26 Å². The van der Waals surface area contributed by atoms with Crippen LogP contribution in [0.4, 0.5) is 0 Å². The predicted octanol–water partition coefficient (Wildman–Crippen LogP) is 2.90. The van der Waals surface area contributed by atoms with Crippen LogP contribution in [-0.2, 0) is 5.54 Å². The number of nitrogens with two attached hydrogens (primary N) is 1. The van der Waals surface area contributed by atoms with E-state index in [0.717, 1.165) is 29.5 Å². The fourth-order valence-corrected chi connectivity index (χ4v) is 2.56. The average molecular weight is 214 g/mol. The van der Waals surface area contributed by atoms with Crippen LogP contribution in [0.25, 0.3) is 0 Å². The molecule has 2 heteroatoms. The molecule has 16 heavy (non-hydrogen) atoms. The molecule has 1 aromatic carbocycles. The van der Waals surface area contributed by atoms with Gasteiger partial charge in [0.25, 0.3) is 0 Å². The summed E-state index contributed by atoms with van der Waals surface area (Å²) < 4.78 is 0. The minimum absolute atomic E-state index is 0.190. The van der Waals surface area contributed by atoms with Gasteiger partial charge in [-0.1, -0.05) is 18.9 Å². The Labute approximate surface area is 97.1 Å². The molecule has 2 N–H and O–H groups in total. The van der Waals surface area contributed by atoms with Crippen molar-refractivity contribution < 1.29 is 0 Å². The number of rotatable bonds is 1. The number of nitriles is 1. The van der Waals surface area contributed by atoms with E-state index in [2.05, 4.69) is 19.1 Å². The third kappa shape index (κ3) is 1.72. The van der Waals surface area contributed by atoms with Gasteiger partial charge in [-0.2, -0.15) is 5.26 Å². The lowest BCUT2D eigenvalue weighted by molar-refractivity contribution is 0.461. The molecule has 2 nitrogen and oxygen atoms in total. The van der Waals surface area contributed by atoms with E-state index in [1.807, 2.05) is 13.0 Å². The smallest absolute Gasteiger partial charge is 0.0994 e. The Kier molecular flexibility index (Phi) is 2.73. The first kappa shape index (κ1) is 11.2. The summed E-state index contributed by atoms with van der Waals surface area (Å²) in [5.74, 6) is 0. The molecular formula is C14H18N2. The molecule has 0 heterocycles. The molecule has 1 aromatic rings. The Bertz CT molecular complexity index is 449. The lowest BCUT2D eigenvalue weighted by Gasteiger charge is -2.25. The highest BCUT2D eigenvalue weighted by molar-refractivity contribution is 5.46. The van der Waals surface area contributed by atoms with E-state index in [4.69, 9.17) is 11.0 Å². The van der Waals surface area contributed by atoms with Gasteiger partial charge in [-0.15, -0.1) is 0 Å². The van der Waals surface area contributed by atoms with E-state index in [-0.39, 0.29) is 5.54 Å². The molecule has 84 valence electrons. The quantitative estimate of drug-likeness (QED) is 0.781. The Morgan fingerprint density at radius 2 is 1.88 bits per heavy atom. The summed E-state index contributed by atoms with van der Waals surface area (Å²) in [4.78, 5) is 0. The maximum Gasteiger partial charge on any atom is 0.0994 e. The van der Waals surface area contributed by atoms with Crippen LogP contribution in [0.2, 0.25) is 0 Å². The van der Waals surface area contributed by atoms with Gasteiger partial charge in [0.1, 0.15) is 0 Å². The zero-order chi connectivity index (χ0) is 11.8. The van der Waals surface area contributed by atoms with Gasteiger partial charge in [-0.3, -0.25) is 0 Å². The number of hydrogen-bond donors (Lipinski definition) is 1. The third-order valence-electron chi connectivity index (χ3n) is 3.86. The monoisotopic (exact) mass is 214 g/mol. The summed E-state index contributed by atoms with van der Waals surface area (Å²) in [6.07, 6.45) is 4.48. The Hall–Kier alpha value is -1.33. The SMILES string of the molecule is Cc1cc(C2(N)CCCC2)cc(C#N)c1C. The molecule has 0 unspecified atom stereocenters. The lowest BCUT2D eigenvalue weighted by atomic mass is 9.86. The first-order valence-electron chi connectivity index (χ1n) is 5.87. The molecular weight excluding hydrogens is 196 g/mol. The third-order valence-corrected chi connectivity index (χ3v) is 3.86. The summed E-state index contributed by atoms with van der Waals surface area (Å²) in [6.45, 7) is 4.05. The molecule has 1 aliphatic rings. The highest BCUT2D eigenvalue weighted by Crippen LogP contribution is 2.37. The topological polar surface area (TPSA) is 49.8 Å². The highest BCUT2D eigenvalue weighted by atomic mass is 14.8. The van der Waals surface area contributed by atoms with E-state index in [1.165, 1.54) is 18.4 Å². The second-order valence-corrected chi connectivity index (χ2v) is 4.94. The van der Waals surface area contributed by atoms with Crippen LogP contribution in [0, 0.1) is 25.2 Å². The van der Waals surface area contributed by atoms with Crippen LogP contribution >= 0.6 is 0 Å². The van der Waals surface area contributed by atoms with Crippen LogP contribution in [0.15, 0.2) is 12.1 Å². The molecule has 0 aliphatic heterocycles. The highest BCUT2D eigenvalue weighted by Gasteiger charge is 2.31. The summed E-state index contributed by atoms with van der Waals surface area (Å²) in [5, 5.41) is 9.10. The second kappa shape index (κ2) is 3.92. The molecule has 0 aromatic heterocycles. The Morgan fingerprint density at radius 3 is 2.44 bits per heavy atom. The average Bonchev–Trinajstić information content (AvgIpc) is 2.70. The van der Waals surface area contributed by atoms with E-state index >= 15 is 0 Å². The fraction of sp³-hybridized carbons (Fsp3) is 0.500. The van der Waals surface area contributed by atoms with Gasteiger partial charge in [0.2, 0.25) is 0 Å². The summed E-state index contributed by atoms with van der Waals surface area (Å²) in [5.41, 5.74) is 10.4. The lowest BCUT2D eigenvalue weighted by Crippen LogP contribution is -2.33. The van der Waals surface area contributed by atoms with Crippen LogP contribution in [0.3, 0.4) is 0 Å². The van der Waals surface area contributed by atoms with Crippen LogP contribution < -0.4 is 5.73 Å². The number of benzene rings is 1. The van der Waals surface area contributed by atoms with Crippen LogP contribution in [-0.4, -0.2) is 0 Å². The van der Waals surface area contributed by atoms with Gasteiger partial charge in [0.15, 0.2) is 0 Å². The maximum absolute atomic E-state index is 9.10. The molecule has 0 spiro atoms. The van der Waals surface area contributed by atoms with E-state index in [9.17, 15) is 0 Å². The molecule has 0 saturated heterocycles. The van der Waals surface area contributed by atoms with E-state index in [0.29, 0.717) is 0 Å². The molecule has 1 aliphatic carbocycles. The van der Waals surface area contributed by atoms with Gasteiger partial charge >= 0.3 is 0 Å². The van der Waals surface area contributed by atoms with Crippen molar-refractivity contribution >= 4 is 0 Å². The zero-order valence-corrected chi connectivity index (χ0v) is 10.0. The number of aryl methyl sites for hydroxylation is 1. The van der Waals surface area contributed by atoms with Crippen molar-refractivity contribution in [3.8, 4) is 6.07 Å². The standard InChI is InChI=1S/C14H18N2/c1-10-7-13(8-12(9-15)11(10)2)14(16)5-3-4-6-14/h7-8H,3-6,16H2,1-2H3. The molecule has 0 bridgehead atoms. The van der Waals surface area contributed by atoms with E-state index < -0.39 is 0 Å². The van der Waals surface area contributed by atoms with Crippen LogP contribution in [0.5, 0.6) is 0 Å². The Balaban J connectivity index is 2.51. The van der Waals surface area contributed by atoms with Crippen molar-refractivity contribution in [3.05, 3.63) is 34.4 Å². The van der Waals surface area contributed by atoms with E-state index in [1.54, 1.807) is 0 Å². The van der Waals surface area contributed by atoms with Crippen molar-refractivity contribution in [2.75, 3.05) is 0 Å². The van der Waals surface area contributed by atoms with Gasteiger partial charge in [0, 0.05) is 5.54 Å². The predicted molar refractivity (Wildman–Crippen MR) is 65.0 cm³/mol. The zero-order valence-electron chi connectivity index (χ0n) is 10.0.